The summed E-state index contributed by atoms with van der Waals surface area (Å²) in [5.74, 6) is 0. The van der Waals surface area contributed by atoms with Gasteiger partial charge in [0.15, 0.2) is 0 Å². The SMILES string of the molecule is COCCCCc1cc([C@@H](C)NC2CC2)nn1-c1ccccc1. The fourth-order valence-electron chi connectivity index (χ4n) is 2.86. The number of aryl methyl sites for hydroxylation is 1. The molecule has 2 aromatic rings. The normalized spacial score (nSPS) is 15.7. The second kappa shape index (κ2) is 7.75. The van der Waals surface area contributed by atoms with Crippen molar-refractivity contribution in [2.75, 3.05) is 13.7 Å². The average Bonchev–Trinajstić information content (AvgIpc) is 3.28. The van der Waals surface area contributed by atoms with Crippen LogP contribution in [0.4, 0.5) is 0 Å². The predicted molar refractivity (Wildman–Crippen MR) is 93.0 cm³/mol. The van der Waals surface area contributed by atoms with Crippen molar-refractivity contribution in [3.05, 3.63) is 47.8 Å². The molecule has 124 valence electrons. The zero-order valence-corrected chi connectivity index (χ0v) is 14.2. The van der Waals surface area contributed by atoms with Gasteiger partial charge in [0.25, 0.3) is 0 Å². The van der Waals surface area contributed by atoms with Gasteiger partial charge in [-0.25, -0.2) is 4.68 Å². The minimum atomic E-state index is 0.310. The average molecular weight is 313 g/mol. The molecule has 1 heterocycles. The van der Waals surface area contributed by atoms with Crippen LogP contribution in [0, 0.1) is 0 Å². The van der Waals surface area contributed by atoms with E-state index in [0.29, 0.717) is 12.1 Å². The van der Waals surface area contributed by atoms with Gasteiger partial charge in [-0.1, -0.05) is 18.2 Å². The van der Waals surface area contributed by atoms with Crippen molar-refractivity contribution in [2.24, 2.45) is 0 Å². The number of nitrogens with one attached hydrogen (secondary N) is 1. The third-order valence-corrected chi connectivity index (χ3v) is 4.34. The molecule has 1 aromatic carbocycles. The molecule has 4 nitrogen and oxygen atoms in total. The third-order valence-electron chi connectivity index (χ3n) is 4.34. The molecule has 1 fully saturated rings. The largest absolute Gasteiger partial charge is 0.385 e. The first kappa shape index (κ1) is 16.2. The van der Waals surface area contributed by atoms with Crippen LogP contribution < -0.4 is 5.32 Å². The van der Waals surface area contributed by atoms with Crippen LogP contribution >= 0.6 is 0 Å². The van der Waals surface area contributed by atoms with Crippen LogP contribution in [0.15, 0.2) is 36.4 Å². The number of nitrogens with zero attached hydrogens (tertiary/aromatic N) is 2. The van der Waals surface area contributed by atoms with Gasteiger partial charge in [-0.3, -0.25) is 0 Å². The Labute approximate surface area is 138 Å². The van der Waals surface area contributed by atoms with Gasteiger partial charge in [0, 0.05) is 31.5 Å². The number of unbranched alkanes of at least 4 members (excludes halogenated alkanes) is 1. The van der Waals surface area contributed by atoms with Gasteiger partial charge in [0.2, 0.25) is 0 Å². The Bertz CT molecular complexity index is 604. The zero-order chi connectivity index (χ0) is 16.1. The molecule has 0 unspecified atom stereocenters. The summed E-state index contributed by atoms with van der Waals surface area (Å²) < 4.78 is 7.26. The zero-order valence-electron chi connectivity index (χ0n) is 14.2. The second-order valence-electron chi connectivity index (χ2n) is 6.42. The summed E-state index contributed by atoms with van der Waals surface area (Å²) >= 11 is 0. The van der Waals surface area contributed by atoms with E-state index in [1.807, 2.05) is 6.07 Å². The Balaban J connectivity index is 1.77. The van der Waals surface area contributed by atoms with Gasteiger partial charge in [-0.15, -0.1) is 0 Å². The van der Waals surface area contributed by atoms with Crippen molar-refractivity contribution >= 4 is 0 Å². The number of hydrogen-bond donors (Lipinski definition) is 1. The molecule has 1 aromatic heterocycles. The maximum atomic E-state index is 5.16. The Hall–Kier alpha value is -1.65. The van der Waals surface area contributed by atoms with E-state index in [1.54, 1.807) is 7.11 Å². The Morgan fingerprint density at radius 1 is 1.26 bits per heavy atom. The smallest absolute Gasteiger partial charge is 0.0798 e. The van der Waals surface area contributed by atoms with Crippen LogP contribution in [0.1, 0.15) is 50.0 Å². The lowest BCUT2D eigenvalue weighted by Crippen LogP contribution is -2.21. The number of rotatable bonds is 9. The topological polar surface area (TPSA) is 39.1 Å². The Kier molecular flexibility index (Phi) is 5.47. The summed E-state index contributed by atoms with van der Waals surface area (Å²) in [5.41, 5.74) is 3.56. The van der Waals surface area contributed by atoms with Crippen LogP contribution in [0.5, 0.6) is 0 Å². The number of benzene rings is 1. The van der Waals surface area contributed by atoms with Crippen LogP contribution in [0.3, 0.4) is 0 Å². The molecule has 0 amide bonds. The van der Waals surface area contributed by atoms with Gasteiger partial charge < -0.3 is 10.1 Å². The van der Waals surface area contributed by atoms with Gasteiger partial charge in [-0.05, 0) is 57.2 Å². The molecular weight excluding hydrogens is 286 g/mol. The fourth-order valence-corrected chi connectivity index (χ4v) is 2.86. The van der Waals surface area contributed by atoms with Crippen molar-refractivity contribution in [3.8, 4) is 5.69 Å². The number of hydrogen-bond acceptors (Lipinski definition) is 3. The lowest BCUT2D eigenvalue weighted by molar-refractivity contribution is 0.193. The first-order valence-corrected chi connectivity index (χ1v) is 8.67. The molecule has 4 heteroatoms. The highest BCUT2D eigenvalue weighted by atomic mass is 16.5. The molecule has 1 N–H and O–H groups in total. The monoisotopic (exact) mass is 313 g/mol. The highest BCUT2D eigenvalue weighted by Crippen LogP contribution is 2.25. The van der Waals surface area contributed by atoms with Crippen LogP contribution in [0.25, 0.3) is 5.69 Å². The van der Waals surface area contributed by atoms with Gasteiger partial charge in [-0.2, -0.15) is 5.10 Å². The Morgan fingerprint density at radius 3 is 2.74 bits per heavy atom. The summed E-state index contributed by atoms with van der Waals surface area (Å²) in [6.07, 6.45) is 5.83. The summed E-state index contributed by atoms with van der Waals surface area (Å²) in [5, 5.41) is 8.53. The van der Waals surface area contributed by atoms with E-state index in [2.05, 4.69) is 47.3 Å². The van der Waals surface area contributed by atoms with Crippen LogP contribution in [-0.4, -0.2) is 29.5 Å². The highest BCUT2D eigenvalue weighted by Gasteiger charge is 2.24. The molecule has 0 bridgehead atoms. The summed E-state index contributed by atoms with van der Waals surface area (Å²) in [4.78, 5) is 0. The molecular formula is C19H27N3O. The third kappa shape index (κ3) is 4.43. The number of aromatic nitrogens is 2. The molecule has 0 aliphatic heterocycles. The van der Waals surface area contributed by atoms with Gasteiger partial charge >= 0.3 is 0 Å². The molecule has 0 radical (unpaired) electrons. The molecule has 1 aliphatic rings. The summed E-state index contributed by atoms with van der Waals surface area (Å²) in [7, 11) is 1.76. The minimum absolute atomic E-state index is 0.310. The first-order valence-electron chi connectivity index (χ1n) is 8.67. The molecule has 1 aliphatic carbocycles. The second-order valence-corrected chi connectivity index (χ2v) is 6.42. The molecule has 0 spiro atoms. The first-order chi connectivity index (χ1) is 11.3. The molecule has 3 rings (SSSR count). The van der Waals surface area contributed by atoms with E-state index in [9.17, 15) is 0 Å². The van der Waals surface area contributed by atoms with Crippen molar-refractivity contribution < 1.29 is 4.74 Å². The summed E-state index contributed by atoms with van der Waals surface area (Å²) in [6, 6.07) is 13.7. The molecule has 1 saturated carbocycles. The van der Waals surface area contributed by atoms with E-state index in [-0.39, 0.29) is 0 Å². The standard InChI is InChI=1S/C19H27N3O/c1-15(20-16-11-12-16)19-14-18(10-6-7-13-23-2)22(21-19)17-8-4-3-5-9-17/h3-5,8-9,14-16,20H,6-7,10-13H2,1-2H3/t15-/m1/s1. The maximum absolute atomic E-state index is 5.16. The molecule has 1 atom stereocenters. The van der Waals surface area contributed by atoms with Crippen LogP contribution in [0.2, 0.25) is 0 Å². The predicted octanol–water partition coefficient (Wildman–Crippen LogP) is 3.65. The van der Waals surface area contributed by atoms with E-state index in [0.717, 1.165) is 37.3 Å². The van der Waals surface area contributed by atoms with E-state index < -0.39 is 0 Å². The lowest BCUT2D eigenvalue weighted by atomic mass is 10.1. The van der Waals surface area contributed by atoms with Crippen molar-refractivity contribution in [2.45, 2.75) is 51.1 Å². The number of methoxy groups -OCH3 is 1. The van der Waals surface area contributed by atoms with Gasteiger partial charge in [0.05, 0.1) is 11.4 Å². The van der Waals surface area contributed by atoms with Crippen molar-refractivity contribution in [1.82, 2.24) is 15.1 Å². The Morgan fingerprint density at radius 2 is 2.04 bits per heavy atom. The molecule has 23 heavy (non-hydrogen) atoms. The maximum Gasteiger partial charge on any atom is 0.0798 e. The highest BCUT2D eigenvalue weighted by molar-refractivity contribution is 5.34. The van der Waals surface area contributed by atoms with E-state index in [4.69, 9.17) is 9.84 Å². The quantitative estimate of drug-likeness (QED) is 0.718. The lowest BCUT2D eigenvalue weighted by Gasteiger charge is -2.10. The van der Waals surface area contributed by atoms with Crippen molar-refractivity contribution in [1.29, 1.82) is 0 Å². The van der Waals surface area contributed by atoms with Gasteiger partial charge in [0.1, 0.15) is 0 Å². The van der Waals surface area contributed by atoms with E-state index >= 15 is 0 Å². The number of ether oxygens (including phenoxy) is 1. The fraction of sp³-hybridized carbons (Fsp3) is 0.526. The molecule has 0 saturated heterocycles. The summed E-state index contributed by atoms with van der Waals surface area (Å²) in [6.45, 7) is 3.04. The van der Waals surface area contributed by atoms with E-state index in [1.165, 1.54) is 18.5 Å². The number of para-hydroxylation sites is 1. The van der Waals surface area contributed by atoms with Crippen molar-refractivity contribution in [3.63, 3.8) is 0 Å². The minimum Gasteiger partial charge on any atom is -0.385 e. The van der Waals surface area contributed by atoms with Crippen LogP contribution in [-0.2, 0) is 11.2 Å².